The fraction of sp³-hybridized carbons (Fsp3) is 0.929. The van der Waals surface area contributed by atoms with Gasteiger partial charge in [-0.25, -0.2) is 0 Å². The third-order valence-corrected chi connectivity index (χ3v) is 4.10. The van der Waals surface area contributed by atoms with Crippen LogP contribution in [-0.4, -0.2) is 49.6 Å². The molecule has 1 amide bonds. The van der Waals surface area contributed by atoms with Crippen molar-refractivity contribution < 1.29 is 4.79 Å². The second-order valence-corrected chi connectivity index (χ2v) is 5.61. The van der Waals surface area contributed by atoms with Gasteiger partial charge in [0.2, 0.25) is 5.91 Å². The predicted molar refractivity (Wildman–Crippen MR) is 75.6 cm³/mol. The van der Waals surface area contributed by atoms with E-state index in [1.54, 1.807) is 0 Å². The summed E-state index contributed by atoms with van der Waals surface area (Å²) in [5.74, 6) is 0.441. The van der Waals surface area contributed by atoms with Crippen LogP contribution < -0.4 is 10.6 Å². The zero-order valence-electron chi connectivity index (χ0n) is 12.3. The highest BCUT2D eigenvalue weighted by Crippen LogP contribution is 2.15. The number of nitrogens with one attached hydrogen (secondary N) is 2. The number of piperidine rings is 1. The summed E-state index contributed by atoms with van der Waals surface area (Å²) in [5, 5.41) is 6.45. The molecule has 1 fully saturated rings. The monoisotopic (exact) mass is 255 g/mol. The van der Waals surface area contributed by atoms with Gasteiger partial charge in [0.15, 0.2) is 0 Å². The van der Waals surface area contributed by atoms with Gasteiger partial charge in [-0.3, -0.25) is 4.79 Å². The van der Waals surface area contributed by atoms with Gasteiger partial charge in [-0.2, -0.15) is 0 Å². The van der Waals surface area contributed by atoms with E-state index in [0.717, 1.165) is 38.9 Å². The van der Waals surface area contributed by atoms with Crippen LogP contribution in [0.1, 0.15) is 40.0 Å². The Balaban J connectivity index is 2.20. The van der Waals surface area contributed by atoms with Crippen molar-refractivity contribution in [1.29, 1.82) is 0 Å². The standard InChI is InChI=1S/C14H29N3O/c1-5-12(3)17(4)9-8-16-14(18)13-6-7-15-11(2)10-13/h11-13,15H,5-10H2,1-4H3,(H,16,18). The largest absolute Gasteiger partial charge is 0.355 e. The highest BCUT2D eigenvalue weighted by molar-refractivity contribution is 5.78. The minimum Gasteiger partial charge on any atom is -0.355 e. The summed E-state index contributed by atoms with van der Waals surface area (Å²) >= 11 is 0. The van der Waals surface area contributed by atoms with E-state index in [-0.39, 0.29) is 11.8 Å². The van der Waals surface area contributed by atoms with Crippen LogP contribution in [0.25, 0.3) is 0 Å². The van der Waals surface area contributed by atoms with E-state index in [4.69, 9.17) is 0 Å². The van der Waals surface area contributed by atoms with Gasteiger partial charge >= 0.3 is 0 Å². The number of hydrogen-bond donors (Lipinski definition) is 2. The van der Waals surface area contributed by atoms with Crippen molar-refractivity contribution in [3.8, 4) is 0 Å². The molecule has 4 nitrogen and oxygen atoms in total. The molecule has 106 valence electrons. The third kappa shape index (κ3) is 4.94. The lowest BCUT2D eigenvalue weighted by atomic mass is 9.92. The Morgan fingerprint density at radius 3 is 2.89 bits per heavy atom. The van der Waals surface area contributed by atoms with Crippen molar-refractivity contribution in [2.45, 2.75) is 52.1 Å². The molecule has 1 rings (SSSR count). The van der Waals surface area contributed by atoms with Crippen LogP contribution in [0, 0.1) is 5.92 Å². The Hall–Kier alpha value is -0.610. The number of likely N-dealkylation sites (N-methyl/N-ethyl adjacent to an activating group) is 1. The van der Waals surface area contributed by atoms with E-state index in [9.17, 15) is 4.79 Å². The number of carbonyl (C=O) groups is 1. The Bertz CT molecular complexity index is 257. The first kappa shape index (κ1) is 15.4. The average molecular weight is 255 g/mol. The number of amides is 1. The van der Waals surface area contributed by atoms with Gasteiger partial charge < -0.3 is 15.5 Å². The van der Waals surface area contributed by atoms with Crippen molar-refractivity contribution in [3.05, 3.63) is 0 Å². The van der Waals surface area contributed by atoms with E-state index in [2.05, 4.69) is 43.4 Å². The second-order valence-electron chi connectivity index (χ2n) is 5.61. The Labute approximate surface area is 111 Å². The minimum atomic E-state index is 0.204. The van der Waals surface area contributed by atoms with Crippen LogP contribution >= 0.6 is 0 Å². The van der Waals surface area contributed by atoms with Crippen LogP contribution in [-0.2, 0) is 4.79 Å². The molecule has 0 aromatic rings. The lowest BCUT2D eigenvalue weighted by molar-refractivity contribution is -0.126. The van der Waals surface area contributed by atoms with E-state index in [1.165, 1.54) is 0 Å². The van der Waals surface area contributed by atoms with Gasteiger partial charge in [-0.1, -0.05) is 6.92 Å². The zero-order valence-corrected chi connectivity index (χ0v) is 12.3. The van der Waals surface area contributed by atoms with Crippen molar-refractivity contribution in [2.24, 2.45) is 5.92 Å². The smallest absolute Gasteiger partial charge is 0.223 e. The molecule has 3 atom stereocenters. The maximum atomic E-state index is 12.0. The van der Waals surface area contributed by atoms with E-state index in [0.29, 0.717) is 12.1 Å². The normalized spacial score (nSPS) is 26.1. The molecule has 18 heavy (non-hydrogen) atoms. The molecule has 0 aromatic carbocycles. The molecule has 3 unspecified atom stereocenters. The fourth-order valence-corrected chi connectivity index (χ4v) is 2.40. The predicted octanol–water partition coefficient (Wildman–Crippen LogP) is 1.22. The topological polar surface area (TPSA) is 44.4 Å². The minimum absolute atomic E-state index is 0.204. The molecule has 1 aliphatic rings. The number of carbonyl (C=O) groups excluding carboxylic acids is 1. The third-order valence-electron chi connectivity index (χ3n) is 4.10. The molecule has 0 aromatic heterocycles. The lowest BCUT2D eigenvalue weighted by Gasteiger charge is -2.28. The number of hydrogen-bond acceptors (Lipinski definition) is 3. The highest BCUT2D eigenvalue weighted by Gasteiger charge is 2.24. The highest BCUT2D eigenvalue weighted by atomic mass is 16.1. The van der Waals surface area contributed by atoms with Crippen molar-refractivity contribution in [2.75, 3.05) is 26.7 Å². The lowest BCUT2D eigenvalue weighted by Crippen LogP contribution is -2.44. The summed E-state index contributed by atoms with van der Waals surface area (Å²) in [7, 11) is 2.12. The summed E-state index contributed by atoms with van der Waals surface area (Å²) in [5.41, 5.74) is 0. The quantitative estimate of drug-likeness (QED) is 0.750. The van der Waals surface area contributed by atoms with E-state index in [1.807, 2.05) is 0 Å². The maximum absolute atomic E-state index is 12.0. The number of rotatable bonds is 6. The molecule has 0 spiro atoms. The van der Waals surface area contributed by atoms with Gasteiger partial charge in [0.05, 0.1) is 0 Å². The number of nitrogens with zero attached hydrogens (tertiary/aromatic N) is 1. The summed E-state index contributed by atoms with van der Waals surface area (Å²) < 4.78 is 0. The van der Waals surface area contributed by atoms with Gasteiger partial charge in [0, 0.05) is 31.1 Å². The molecular weight excluding hydrogens is 226 g/mol. The molecule has 4 heteroatoms. The van der Waals surface area contributed by atoms with Gasteiger partial charge in [-0.15, -0.1) is 0 Å². The Morgan fingerprint density at radius 2 is 2.28 bits per heavy atom. The maximum Gasteiger partial charge on any atom is 0.223 e. The Kier molecular flexibility index (Phi) is 6.65. The second kappa shape index (κ2) is 7.74. The molecule has 0 radical (unpaired) electrons. The molecule has 1 saturated heterocycles. The molecule has 1 aliphatic heterocycles. The van der Waals surface area contributed by atoms with Crippen LogP contribution in [0.4, 0.5) is 0 Å². The fourth-order valence-electron chi connectivity index (χ4n) is 2.40. The zero-order chi connectivity index (χ0) is 13.5. The van der Waals surface area contributed by atoms with Crippen LogP contribution in [0.3, 0.4) is 0 Å². The SMILES string of the molecule is CCC(C)N(C)CCNC(=O)C1CCNC(C)C1. The van der Waals surface area contributed by atoms with E-state index < -0.39 is 0 Å². The summed E-state index contributed by atoms with van der Waals surface area (Å²) in [6, 6.07) is 1.05. The van der Waals surface area contributed by atoms with Crippen LogP contribution in [0.5, 0.6) is 0 Å². The first-order valence-electron chi connectivity index (χ1n) is 7.26. The molecule has 0 saturated carbocycles. The van der Waals surface area contributed by atoms with Gasteiger partial charge in [-0.05, 0) is 46.7 Å². The molecular formula is C14H29N3O. The summed E-state index contributed by atoms with van der Waals surface area (Å²) in [4.78, 5) is 14.3. The summed E-state index contributed by atoms with van der Waals surface area (Å²) in [6.07, 6.45) is 3.08. The first-order valence-corrected chi connectivity index (χ1v) is 7.26. The van der Waals surface area contributed by atoms with Gasteiger partial charge in [0.1, 0.15) is 0 Å². The van der Waals surface area contributed by atoms with Crippen LogP contribution in [0.2, 0.25) is 0 Å². The van der Waals surface area contributed by atoms with Crippen molar-refractivity contribution >= 4 is 5.91 Å². The van der Waals surface area contributed by atoms with Crippen molar-refractivity contribution in [1.82, 2.24) is 15.5 Å². The van der Waals surface area contributed by atoms with Crippen LogP contribution in [0.15, 0.2) is 0 Å². The average Bonchev–Trinajstić information content (AvgIpc) is 2.37. The van der Waals surface area contributed by atoms with Crippen molar-refractivity contribution in [3.63, 3.8) is 0 Å². The van der Waals surface area contributed by atoms with E-state index >= 15 is 0 Å². The Morgan fingerprint density at radius 1 is 1.56 bits per heavy atom. The van der Waals surface area contributed by atoms with Gasteiger partial charge in [0.25, 0.3) is 0 Å². The molecule has 1 heterocycles. The first-order chi connectivity index (χ1) is 8.54. The molecule has 0 aliphatic carbocycles. The summed E-state index contributed by atoms with van der Waals surface area (Å²) in [6.45, 7) is 9.22. The molecule has 2 N–H and O–H groups in total. The molecule has 0 bridgehead atoms.